The average molecular weight is 154 g/mol. The standard InChI is InChI=1S/C6H6BFNO2/c1-11-6-5(8)2-4(7-10)3-9-6/h2-3,10H,1H3. The third-order valence-electron chi connectivity index (χ3n) is 1.17. The number of hydrogen-bond donors (Lipinski definition) is 1. The van der Waals surface area contributed by atoms with Crippen molar-refractivity contribution in [2.75, 3.05) is 7.11 Å². The van der Waals surface area contributed by atoms with Crippen molar-refractivity contribution >= 4 is 12.9 Å². The minimum atomic E-state index is -0.588. The fourth-order valence-corrected chi connectivity index (χ4v) is 0.661. The van der Waals surface area contributed by atoms with Crippen LogP contribution < -0.4 is 10.2 Å². The summed E-state index contributed by atoms with van der Waals surface area (Å²) >= 11 is 0. The number of aromatic nitrogens is 1. The molecule has 0 bridgehead atoms. The maximum absolute atomic E-state index is 12.7. The molecule has 0 aromatic carbocycles. The molecule has 0 amide bonds. The average Bonchev–Trinajstić information content (AvgIpc) is 2.04. The van der Waals surface area contributed by atoms with Crippen molar-refractivity contribution in [3.05, 3.63) is 18.1 Å². The Morgan fingerprint density at radius 2 is 2.45 bits per heavy atom. The zero-order valence-electron chi connectivity index (χ0n) is 5.91. The fraction of sp³-hybridized carbons (Fsp3) is 0.167. The van der Waals surface area contributed by atoms with E-state index in [1.807, 2.05) is 0 Å². The molecule has 1 radical (unpaired) electrons. The number of pyridine rings is 1. The van der Waals surface area contributed by atoms with Crippen molar-refractivity contribution in [2.24, 2.45) is 0 Å². The van der Waals surface area contributed by atoms with Gasteiger partial charge >= 0.3 is 7.48 Å². The van der Waals surface area contributed by atoms with Crippen molar-refractivity contribution in [2.45, 2.75) is 0 Å². The van der Waals surface area contributed by atoms with Crippen LogP contribution in [0.1, 0.15) is 0 Å². The van der Waals surface area contributed by atoms with E-state index < -0.39 is 5.82 Å². The Morgan fingerprint density at radius 3 is 2.91 bits per heavy atom. The maximum atomic E-state index is 12.7. The Labute approximate surface area is 64.1 Å². The normalized spacial score (nSPS) is 9.36. The molecule has 57 valence electrons. The maximum Gasteiger partial charge on any atom is 0.328 e. The summed E-state index contributed by atoms with van der Waals surface area (Å²) in [6.07, 6.45) is 1.31. The van der Waals surface area contributed by atoms with E-state index in [0.29, 0.717) is 5.46 Å². The Hall–Kier alpha value is -1.10. The Kier molecular flexibility index (Phi) is 2.43. The Balaban J connectivity index is 2.99. The van der Waals surface area contributed by atoms with Gasteiger partial charge in [-0.2, -0.15) is 0 Å². The zero-order valence-corrected chi connectivity index (χ0v) is 5.91. The van der Waals surface area contributed by atoms with Crippen molar-refractivity contribution in [3.63, 3.8) is 0 Å². The summed E-state index contributed by atoms with van der Waals surface area (Å²) in [6, 6.07) is 1.13. The van der Waals surface area contributed by atoms with Crippen LogP contribution in [-0.4, -0.2) is 24.6 Å². The largest absolute Gasteiger partial charge is 0.479 e. The second-order valence-corrected chi connectivity index (χ2v) is 1.89. The van der Waals surface area contributed by atoms with Gasteiger partial charge in [-0.3, -0.25) is 0 Å². The Bertz CT molecular complexity index is 256. The van der Waals surface area contributed by atoms with Crippen LogP contribution in [0.5, 0.6) is 5.88 Å². The predicted octanol–water partition coefficient (Wildman–Crippen LogP) is -0.534. The van der Waals surface area contributed by atoms with E-state index in [9.17, 15) is 4.39 Å². The van der Waals surface area contributed by atoms with Gasteiger partial charge in [-0.1, -0.05) is 0 Å². The topological polar surface area (TPSA) is 42.4 Å². The number of hydrogen-bond acceptors (Lipinski definition) is 3. The molecule has 0 unspecified atom stereocenters. The van der Waals surface area contributed by atoms with Crippen molar-refractivity contribution < 1.29 is 14.2 Å². The molecule has 0 atom stereocenters. The van der Waals surface area contributed by atoms with E-state index in [-0.39, 0.29) is 5.88 Å². The van der Waals surface area contributed by atoms with Gasteiger partial charge < -0.3 is 9.76 Å². The summed E-state index contributed by atoms with van der Waals surface area (Å²) in [5.41, 5.74) is 0.309. The molecule has 1 rings (SSSR count). The van der Waals surface area contributed by atoms with Crippen LogP contribution in [0.4, 0.5) is 4.39 Å². The van der Waals surface area contributed by atoms with Crippen LogP contribution in [0.3, 0.4) is 0 Å². The molecule has 0 saturated heterocycles. The third kappa shape index (κ3) is 1.68. The van der Waals surface area contributed by atoms with E-state index in [1.54, 1.807) is 0 Å². The number of nitrogens with zero attached hydrogens (tertiary/aromatic N) is 1. The molecule has 1 aromatic rings. The molecular weight excluding hydrogens is 148 g/mol. The fourth-order valence-electron chi connectivity index (χ4n) is 0.661. The third-order valence-corrected chi connectivity index (χ3v) is 1.17. The van der Waals surface area contributed by atoms with Gasteiger partial charge in [0, 0.05) is 6.20 Å². The second-order valence-electron chi connectivity index (χ2n) is 1.89. The molecular formula is C6H6BFNO2. The molecule has 1 N–H and O–H groups in total. The second kappa shape index (κ2) is 3.34. The van der Waals surface area contributed by atoms with Gasteiger partial charge in [-0.15, -0.1) is 0 Å². The van der Waals surface area contributed by atoms with E-state index in [2.05, 4.69) is 9.72 Å². The van der Waals surface area contributed by atoms with Crippen molar-refractivity contribution in [1.29, 1.82) is 0 Å². The molecule has 0 saturated carbocycles. The smallest absolute Gasteiger partial charge is 0.328 e. The number of halogens is 1. The number of rotatable bonds is 2. The van der Waals surface area contributed by atoms with E-state index in [1.165, 1.54) is 13.3 Å². The molecule has 0 fully saturated rings. The highest BCUT2D eigenvalue weighted by Crippen LogP contribution is 2.08. The zero-order chi connectivity index (χ0) is 8.27. The van der Waals surface area contributed by atoms with Crippen LogP contribution in [0.25, 0.3) is 0 Å². The van der Waals surface area contributed by atoms with Crippen molar-refractivity contribution in [3.8, 4) is 5.88 Å². The minimum absolute atomic E-state index is 0.0735. The van der Waals surface area contributed by atoms with Crippen molar-refractivity contribution in [1.82, 2.24) is 4.98 Å². The van der Waals surface area contributed by atoms with Gasteiger partial charge in [0.1, 0.15) is 0 Å². The molecule has 0 aliphatic carbocycles. The lowest BCUT2D eigenvalue weighted by Crippen LogP contribution is -2.15. The summed E-state index contributed by atoms with van der Waals surface area (Å²) in [4.78, 5) is 3.58. The van der Waals surface area contributed by atoms with Gasteiger partial charge in [0.15, 0.2) is 5.82 Å². The van der Waals surface area contributed by atoms with Crippen LogP contribution in [-0.2, 0) is 0 Å². The summed E-state index contributed by atoms with van der Waals surface area (Å²) in [5.74, 6) is -0.661. The van der Waals surface area contributed by atoms with Gasteiger partial charge in [0.2, 0.25) is 5.88 Å². The van der Waals surface area contributed by atoms with Gasteiger partial charge in [0.05, 0.1) is 7.11 Å². The summed E-state index contributed by atoms with van der Waals surface area (Å²) in [6.45, 7) is 0. The highest BCUT2D eigenvalue weighted by Gasteiger charge is 2.04. The predicted molar refractivity (Wildman–Crippen MR) is 38.4 cm³/mol. The van der Waals surface area contributed by atoms with Crippen LogP contribution in [0.2, 0.25) is 0 Å². The quantitative estimate of drug-likeness (QED) is 0.582. The van der Waals surface area contributed by atoms with Gasteiger partial charge in [0.25, 0.3) is 0 Å². The minimum Gasteiger partial charge on any atom is -0.479 e. The first-order chi connectivity index (χ1) is 5.27. The summed E-state index contributed by atoms with van der Waals surface area (Å²) in [7, 11) is 2.10. The molecule has 0 spiro atoms. The summed E-state index contributed by atoms with van der Waals surface area (Å²) in [5, 5.41) is 8.45. The molecule has 0 aliphatic heterocycles. The Morgan fingerprint density at radius 1 is 1.73 bits per heavy atom. The lowest BCUT2D eigenvalue weighted by atomic mass is 9.91. The molecule has 5 heteroatoms. The highest BCUT2D eigenvalue weighted by atomic mass is 19.1. The van der Waals surface area contributed by atoms with Gasteiger partial charge in [-0.25, -0.2) is 9.37 Å². The first kappa shape index (κ1) is 8.01. The van der Waals surface area contributed by atoms with Crippen LogP contribution >= 0.6 is 0 Å². The first-order valence-corrected chi connectivity index (χ1v) is 2.95. The lowest BCUT2D eigenvalue weighted by molar-refractivity contribution is 0.369. The SMILES string of the molecule is COc1ncc([B]O)cc1F. The highest BCUT2D eigenvalue weighted by molar-refractivity contribution is 6.45. The van der Waals surface area contributed by atoms with E-state index in [0.717, 1.165) is 13.5 Å². The molecule has 3 nitrogen and oxygen atoms in total. The van der Waals surface area contributed by atoms with Crippen LogP contribution in [0, 0.1) is 5.82 Å². The monoisotopic (exact) mass is 154 g/mol. The number of methoxy groups -OCH3 is 1. The first-order valence-electron chi connectivity index (χ1n) is 2.95. The number of ether oxygens (including phenoxy) is 1. The molecule has 1 heterocycles. The summed E-state index contributed by atoms with van der Waals surface area (Å²) < 4.78 is 17.3. The molecule has 0 aliphatic rings. The van der Waals surface area contributed by atoms with E-state index >= 15 is 0 Å². The lowest BCUT2D eigenvalue weighted by Gasteiger charge is -1.99. The molecule has 1 aromatic heterocycles. The molecule has 11 heavy (non-hydrogen) atoms. The van der Waals surface area contributed by atoms with Gasteiger partial charge in [-0.05, 0) is 11.5 Å². The van der Waals surface area contributed by atoms with E-state index in [4.69, 9.17) is 5.02 Å². The van der Waals surface area contributed by atoms with Crippen LogP contribution in [0.15, 0.2) is 12.3 Å².